The molecule has 4 heteroatoms. The number of carbonyl (C=O) groups excluding carboxylic acids is 1. The molecule has 86 valence electrons. The Morgan fingerprint density at radius 3 is 2.67 bits per heavy atom. The minimum absolute atomic E-state index is 0.203. The molecule has 4 nitrogen and oxygen atoms in total. The van der Waals surface area contributed by atoms with E-state index in [2.05, 4.69) is 22.6 Å². The maximum absolute atomic E-state index is 12.0. The van der Waals surface area contributed by atoms with Gasteiger partial charge in [-0.1, -0.05) is 0 Å². The summed E-state index contributed by atoms with van der Waals surface area (Å²) in [5.74, 6) is 0.241. The fraction of sp³-hybridized carbons (Fsp3) is 0.909. The van der Waals surface area contributed by atoms with E-state index in [0.717, 1.165) is 38.8 Å². The highest BCUT2D eigenvalue weighted by Crippen LogP contribution is 2.34. The zero-order chi connectivity index (χ0) is 10.9. The van der Waals surface area contributed by atoms with Crippen molar-refractivity contribution in [1.29, 1.82) is 0 Å². The smallest absolute Gasteiger partial charge is 0.240 e. The fourth-order valence-corrected chi connectivity index (χ4v) is 2.88. The predicted molar refractivity (Wildman–Crippen MR) is 59.7 cm³/mol. The van der Waals surface area contributed by atoms with Gasteiger partial charge in [-0.15, -0.1) is 0 Å². The molecule has 2 N–H and O–H groups in total. The van der Waals surface area contributed by atoms with Gasteiger partial charge in [0.05, 0.1) is 0 Å². The summed E-state index contributed by atoms with van der Waals surface area (Å²) in [7, 11) is 4.09. The number of hydrogen-bond acceptors (Lipinski definition) is 3. The molecule has 0 unspecified atom stereocenters. The Balaban J connectivity index is 2.08. The third-order valence-corrected chi connectivity index (χ3v) is 4.11. The minimum atomic E-state index is -0.203. The molecule has 1 amide bonds. The Hall–Kier alpha value is -0.610. The minimum Gasteiger partial charge on any atom is -0.353 e. The van der Waals surface area contributed by atoms with E-state index in [1.807, 2.05) is 7.05 Å². The van der Waals surface area contributed by atoms with E-state index in [-0.39, 0.29) is 11.4 Å². The second kappa shape index (κ2) is 4.10. The van der Waals surface area contributed by atoms with Crippen LogP contribution in [0.25, 0.3) is 0 Å². The van der Waals surface area contributed by atoms with E-state index in [1.54, 1.807) is 0 Å². The molecule has 1 aliphatic heterocycles. The molecule has 1 spiro atoms. The van der Waals surface area contributed by atoms with Crippen LogP contribution < -0.4 is 10.6 Å². The summed E-state index contributed by atoms with van der Waals surface area (Å²) in [6.45, 7) is 1.78. The molecule has 2 aliphatic rings. The van der Waals surface area contributed by atoms with Gasteiger partial charge in [-0.3, -0.25) is 9.69 Å². The lowest BCUT2D eigenvalue weighted by Crippen LogP contribution is -2.65. The maximum Gasteiger partial charge on any atom is 0.240 e. The van der Waals surface area contributed by atoms with Gasteiger partial charge in [0.1, 0.15) is 5.54 Å². The molecule has 0 aromatic rings. The molecule has 2 fully saturated rings. The van der Waals surface area contributed by atoms with E-state index < -0.39 is 0 Å². The standard InChI is InChI=1S/C11H21N3O/c1-12-9-3-5-11(6-4-9)10(15)13-7-8-14(11)2/h9,12H,3-8H2,1-2H3,(H,13,15)/t9-,11+. The summed E-state index contributed by atoms with van der Waals surface area (Å²) in [6.07, 6.45) is 4.18. The number of nitrogens with zero attached hydrogens (tertiary/aromatic N) is 1. The number of amides is 1. The van der Waals surface area contributed by atoms with Gasteiger partial charge in [-0.05, 0) is 39.8 Å². The van der Waals surface area contributed by atoms with Crippen LogP contribution in [0.2, 0.25) is 0 Å². The topological polar surface area (TPSA) is 44.4 Å². The SMILES string of the molecule is CN[C@H]1CC[C@@]2(CC1)C(=O)NCCN2C. The van der Waals surface area contributed by atoms with E-state index >= 15 is 0 Å². The van der Waals surface area contributed by atoms with Crippen molar-refractivity contribution in [2.24, 2.45) is 0 Å². The first kappa shape index (κ1) is 10.9. The number of likely N-dealkylation sites (N-methyl/N-ethyl adjacent to an activating group) is 1. The monoisotopic (exact) mass is 211 g/mol. The van der Waals surface area contributed by atoms with Crippen molar-refractivity contribution in [3.8, 4) is 0 Å². The molecule has 0 aromatic heterocycles. The molecular formula is C11H21N3O. The van der Waals surface area contributed by atoms with Gasteiger partial charge in [0.15, 0.2) is 0 Å². The van der Waals surface area contributed by atoms with Gasteiger partial charge in [-0.25, -0.2) is 0 Å². The van der Waals surface area contributed by atoms with Crippen molar-refractivity contribution in [3.63, 3.8) is 0 Å². The van der Waals surface area contributed by atoms with Gasteiger partial charge < -0.3 is 10.6 Å². The van der Waals surface area contributed by atoms with Crippen molar-refractivity contribution in [3.05, 3.63) is 0 Å². The number of hydrogen-bond donors (Lipinski definition) is 2. The second-order valence-electron chi connectivity index (χ2n) is 4.77. The fourth-order valence-electron chi connectivity index (χ4n) is 2.88. The number of carbonyl (C=O) groups is 1. The quantitative estimate of drug-likeness (QED) is 0.639. The van der Waals surface area contributed by atoms with E-state index in [0.29, 0.717) is 6.04 Å². The zero-order valence-corrected chi connectivity index (χ0v) is 9.68. The molecule has 1 saturated carbocycles. The zero-order valence-electron chi connectivity index (χ0n) is 9.68. The lowest BCUT2D eigenvalue weighted by Gasteiger charge is -2.47. The molecule has 1 aliphatic carbocycles. The van der Waals surface area contributed by atoms with Crippen molar-refractivity contribution < 1.29 is 4.79 Å². The molecule has 0 aromatic carbocycles. The summed E-state index contributed by atoms with van der Waals surface area (Å²) in [5, 5.41) is 6.31. The van der Waals surface area contributed by atoms with Crippen LogP contribution in [0.4, 0.5) is 0 Å². The van der Waals surface area contributed by atoms with E-state index in [4.69, 9.17) is 0 Å². The Kier molecular flexibility index (Phi) is 2.98. The van der Waals surface area contributed by atoms with Crippen LogP contribution in [-0.2, 0) is 4.79 Å². The summed E-state index contributed by atoms with van der Waals surface area (Å²) < 4.78 is 0. The first-order valence-corrected chi connectivity index (χ1v) is 5.86. The molecular weight excluding hydrogens is 190 g/mol. The molecule has 0 radical (unpaired) electrons. The molecule has 1 heterocycles. The highest BCUT2D eigenvalue weighted by atomic mass is 16.2. The Labute approximate surface area is 91.4 Å². The van der Waals surface area contributed by atoms with Gasteiger partial charge in [0, 0.05) is 19.1 Å². The van der Waals surface area contributed by atoms with E-state index in [1.165, 1.54) is 0 Å². The Morgan fingerprint density at radius 1 is 1.47 bits per heavy atom. The summed E-state index contributed by atoms with van der Waals surface area (Å²) in [5.41, 5.74) is -0.203. The summed E-state index contributed by atoms with van der Waals surface area (Å²) >= 11 is 0. The first-order chi connectivity index (χ1) is 7.19. The predicted octanol–water partition coefficient (Wildman–Crippen LogP) is -0.0512. The lowest BCUT2D eigenvalue weighted by atomic mass is 9.76. The summed E-state index contributed by atoms with van der Waals surface area (Å²) in [4.78, 5) is 14.3. The van der Waals surface area contributed by atoms with Crippen LogP contribution in [-0.4, -0.2) is 49.6 Å². The molecule has 0 bridgehead atoms. The van der Waals surface area contributed by atoms with Crippen LogP contribution in [0.15, 0.2) is 0 Å². The van der Waals surface area contributed by atoms with Crippen molar-refractivity contribution in [2.45, 2.75) is 37.3 Å². The van der Waals surface area contributed by atoms with Crippen LogP contribution in [0.1, 0.15) is 25.7 Å². The normalized spacial score (nSPS) is 38.0. The number of piperazine rings is 1. The number of rotatable bonds is 1. The van der Waals surface area contributed by atoms with Gasteiger partial charge in [0.2, 0.25) is 5.91 Å². The molecule has 1 saturated heterocycles. The number of nitrogens with one attached hydrogen (secondary N) is 2. The average Bonchev–Trinajstić information content (AvgIpc) is 2.27. The van der Waals surface area contributed by atoms with Gasteiger partial charge in [0.25, 0.3) is 0 Å². The van der Waals surface area contributed by atoms with Crippen molar-refractivity contribution in [2.75, 3.05) is 27.2 Å². The molecule has 2 rings (SSSR count). The van der Waals surface area contributed by atoms with Crippen molar-refractivity contribution >= 4 is 5.91 Å². The van der Waals surface area contributed by atoms with Crippen LogP contribution in [0, 0.1) is 0 Å². The average molecular weight is 211 g/mol. The highest BCUT2D eigenvalue weighted by molar-refractivity contribution is 5.87. The summed E-state index contributed by atoms with van der Waals surface area (Å²) in [6, 6.07) is 0.596. The van der Waals surface area contributed by atoms with Crippen LogP contribution in [0.3, 0.4) is 0 Å². The van der Waals surface area contributed by atoms with Gasteiger partial charge in [-0.2, -0.15) is 0 Å². The highest BCUT2D eigenvalue weighted by Gasteiger charge is 2.46. The van der Waals surface area contributed by atoms with Gasteiger partial charge >= 0.3 is 0 Å². The third kappa shape index (κ3) is 1.76. The second-order valence-corrected chi connectivity index (χ2v) is 4.77. The largest absolute Gasteiger partial charge is 0.353 e. The van der Waals surface area contributed by atoms with E-state index in [9.17, 15) is 4.79 Å². The lowest BCUT2D eigenvalue weighted by molar-refractivity contribution is -0.138. The van der Waals surface area contributed by atoms with Crippen LogP contribution >= 0.6 is 0 Å². The molecule has 15 heavy (non-hydrogen) atoms. The molecule has 0 atom stereocenters. The van der Waals surface area contributed by atoms with Crippen molar-refractivity contribution in [1.82, 2.24) is 15.5 Å². The Morgan fingerprint density at radius 2 is 2.13 bits per heavy atom. The van der Waals surface area contributed by atoms with Crippen LogP contribution in [0.5, 0.6) is 0 Å². The Bertz CT molecular complexity index is 246. The third-order valence-electron chi connectivity index (χ3n) is 4.11. The first-order valence-electron chi connectivity index (χ1n) is 5.86. The maximum atomic E-state index is 12.0.